The van der Waals surface area contributed by atoms with Crippen molar-refractivity contribution in [3.05, 3.63) is 59.9 Å². The monoisotopic (exact) mass is 572 g/mol. The predicted octanol–water partition coefficient (Wildman–Crippen LogP) is 3.98. The molecule has 0 aromatic carbocycles. The van der Waals surface area contributed by atoms with Gasteiger partial charge in [0.1, 0.15) is 4.83 Å². The van der Waals surface area contributed by atoms with Gasteiger partial charge in [-0.05, 0) is 50.7 Å². The summed E-state index contributed by atoms with van der Waals surface area (Å²) in [5.74, 6) is 0.0704. The van der Waals surface area contributed by atoms with Crippen molar-refractivity contribution in [2.45, 2.75) is 45.6 Å². The summed E-state index contributed by atoms with van der Waals surface area (Å²) in [6, 6.07) is 4.14. The summed E-state index contributed by atoms with van der Waals surface area (Å²) in [7, 11) is 0. The Kier molecular flexibility index (Phi) is 7.50. The van der Waals surface area contributed by atoms with E-state index in [1.165, 1.54) is 56.3 Å². The fourth-order valence-electron chi connectivity index (χ4n) is 5.76. The Bertz CT molecular complexity index is 1620. The second kappa shape index (κ2) is 11.4. The van der Waals surface area contributed by atoms with Crippen molar-refractivity contribution in [1.82, 2.24) is 29.8 Å². The lowest BCUT2D eigenvalue weighted by atomic mass is 9.80. The van der Waals surface area contributed by atoms with Gasteiger partial charge in [-0.25, -0.2) is 4.52 Å². The number of thiazole rings is 1. The number of anilines is 2. The number of hydrogen-bond donors (Lipinski definition) is 3. The van der Waals surface area contributed by atoms with Crippen molar-refractivity contribution in [1.29, 1.82) is 0 Å². The van der Waals surface area contributed by atoms with Gasteiger partial charge in [-0.2, -0.15) is 5.10 Å². The van der Waals surface area contributed by atoms with E-state index >= 15 is 0 Å². The van der Waals surface area contributed by atoms with Gasteiger partial charge in [0.15, 0.2) is 0 Å². The van der Waals surface area contributed by atoms with Crippen molar-refractivity contribution in [3.63, 3.8) is 0 Å². The number of rotatable bonds is 8. The molecule has 3 amide bonds. The number of fused-ring (bicyclic) bond motifs is 4. The van der Waals surface area contributed by atoms with Crippen LogP contribution in [0.4, 0.5) is 11.4 Å². The number of carbonyl (C=O) groups excluding carboxylic acids is 3. The molecule has 2 bridgehead atoms. The molecule has 3 fully saturated rings. The van der Waals surface area contributed by atoms with Crippen LogP contribution in [-0.2, 0) is 4.79 Å². The van der Waals surface area contributed by atoms with Crippen LogP contribution >= 0.6 is 11.3 Å². The molecule has 4 aromatic heterocycles. The third-order valence-electron chi connectivity index (χ3n) is 7.89. The molecule has 0 spiro atoms. The van der Waals surface area contributed by atoms with Gasteiger partial charge in [0, 0.05) is 56.8 Å². The predicted molar refractivity (Wildman–Crippen MR) is 157 cm³/mol. The van der Waals surface area contributed by atoms with Crippen LogP contribution in [0, 0.1) is 12.8 Å². The van der Waals surface area contributed by atoms with Gasteiger partial charge in [0.2, 0.25) is 5.91 Å². The van der Waals surface area contributed by atoms with E-state index in [1.54, 1.807) is 29.9 Å². The van der Waals surface area contributed by atoms with Crippen molar-refractivity contribution in [2.75, 3.05) is 30.3 Å². The highest BCUT2D eigenvalue weighted by Crippen LogP contribution is 2.34. The molecule has 3 aliphatic rings. The molecule has 4 aromatic rings. The third kappa shape index (κ3) is 5.84. The quantitative estimate of drug-likeness (QED) is 0.291. The summed E-state index contributed by atoms with van der Waals surface area (Å²) in [6.45, 7) is 5.79. The van der Waals surface area contributed by atoms with E-state index < -0.39 is 0 Å². The summed E-state index contributed by atoms with van der Waals surface area (Å²) >= 11 is 1.39. The zero-order valence-corrected chi connectivity index (χ0v) is 23.8. The third-order valence-corrected chi connectivity index (χ3v) is 9.05. The van der Waals surface area contributed by atoms with E-state index in [2.05, 4.69) is 35.9 Å². The van der Waals surface area contributed by atoms with Gasteiger partial charge >= 0.3 is 0 Å². The Morgan fingerprint density at radius 1 is 1.02 bits per heavy atom. The molecule has 212 valence electrons. The molecule has 11 nitrogen and oxygen atoms in total. The molecule has 0 unspecified atom stereocenters. The molecular formula is C29H32N8O3S. The summed E-state index contributed by atoms with van der Waals surface area (Å²) < 4.78 is 1.64. The lowest BCUT2D eigenvalue weighted by Gasteiger charge is -2.45. The average Bonchev–Trinajstić information content (AvgIpc) is 3.56. The van der Waals surface area contributed by atoms with Crippen LogP contribution in [0.3, 0.4) is 0 Å². The second-order valence-electron chi connectivity index (χ2n) is 10.8. The van der Waals surface area contributed by atoms with E-state index in [0.29, 0.717) is 45.6 Å². The normalized spacial score (nSPS) is 18.4. The molecule has 12 heteroatoms. The van der Waals surface area contributed by atoms with Crippen molar-refractivity contribution in [3.8, 4) is 10.4 Å². The highest BCUT2D eigenvalue weighted by molar-refractivity contribution is 7.21. The second-order valence-corrected chi connectivity index (χ2v) is 11.8. The number of nitrogens with zero attached hydrogens (tertiary/aromatic N) is 5. The lowest BCUT2D eigenvalue weighted by Crippen LogP contribution is -2.50. The van der Waals surface area contributed by atoms with Crippen LogP contribution in [0.1, 0.15) is 59.0 Å². The van der Waals surface area contributed by atoms with Crippen LogP contribution in [-0.4, -0.2) is 67.9 Å². The highest BCUT2D eigenvalue weighted by atomic mass is 32.1. The molecule has 2 aliphatic heterocycles. The van der Waals surface area contributed by atoms with Gasteiger partial charge in [-0.3, -0.25) is 29.3 Å². The van der Waals surface area contributed by atoms with Crippen molar-refractivity contribution >= 4 is 45.3 Å². The minimum Gasteiger partial charge on any atom is -0.351 e. The summed E-state index contributed by atoms with van der Waals surface area (Å²) in [6.07, 6.45) is 13.3. The fraction of sp³-hybridized carbons (Fsp3) is 0.379. The number of hydrogen-bond acceptors (Lipinski definition) is 8. The maximum Gasteiger partial charge on any atom is 0.260 e. The fourth-order valence-corrected chi connectivity index (χ4v) is 6.80. The molecule has 1 saturated carbocycles. The first-order chi connectivity index (χ1) is 19.8. The molecular weight excluding hydrogens is 540 g/mol. The number of amides is 3. The van der Waals surface area contributed by atoms with E-state index in [4.69, 9.17) is 0 Å². The number of nitrogens with one attached hydrogen (secondary N) is 3. The van der Waals surface area contributed by atoms with Crippen LogP contribution in [0.25, 0.3) is 15.3 Å². The highest BCUT2D eigenvalue weighted by Gasteiger charge is 2.33. The first-order valence-corrected chi connectivity index (χ1v) is 14.7. The van der Waals surface area contributed by atoms with Crippen LogP contribution in [0.5, 0.6) is 0 Å². The minimum atomic E-state index is -0.346. The number of pyridine rings is 2. The molecule has 3 N–H and O–H groups in total. The van der Waals surface area contributed by atoms with Gasteiger partial charge in [-0.1, -0.05) is 0 Å². The van der Waals surface area contributed by atoms with E-state index in [9.17, 15) is 14.4 Å². The topological polar surface area (TPSA) is 134 Å². The molecule has 2 saturated heterocycles. The lowest BCUT2D eigenvalue weighted by molar-refractivity contribution is -0.114. The molecule has 0 radical (unpaired) electrons. The Morgan fingerprint density at radius 2 is 1.85 bits per heavy atom. The van der Waals surface area contributed by atoms with Crippen LogP contribution < -0.4 is 16.0 Å². The Morgan fingerprint density at radius 3 is 2.61 bits per heavy atom. The molecule has 6 heterocycles. The van der Waals surface area contributed by atoms with Crippen LogP contribution in [0.15, 0.2) is 43.1 Å². The van der Waals surface area contributed by atoms with Gasteiger partial charge < -0.3 is 16.0 Å². The summed E-state index contributed by atoms with van der Waals surface area (Å²) in [4.78, 5) is 50.2. The number of aryl methyl sites for hydroxylation is 1. The number of carbonyl (C=O) groups is 3. The van der Waals surface area contributed by atoms with Crippen molar-refractivity contribution in [2.24, 2.45) is 5.92 Å². The largest absolute Gasteiger partial charge is 0.351 e. The molecule has 1 aliphatic carbocycles. The minimum absolute atomic E-state index is 0.181. The number of aromatic nitrogens is 4. The molecule has 41 heavy (non-hydrogen) atoms. The van der Waals surface area contributed by atoms with Crippen LogP contribution in [0.2, 0.25) is 0 Å². The first-order valence-electron chi connectivity index (χ1n) is 13.8. The average molecular weight is 573 g/mol. The van der Waals surface area contributed by atoms with E-state index in [1.807, 2.05) is 12.3 Å². The molecule has 7 rings (SSSR count). The zero-order valence-electron chi connectivity index (χ0n) is 23.0. The van der Waals surface area contributed by atoms with Gasteiger partial charge in [0.25, 0.3) is 11.8 Å². The standard InChI is InChI=1S/C29H32N8O3S/c1-17-25(10-21(12-32-17)27(39)31-7-8-36-15-19-3-5-23(36)6-4-19)35-28(40)24-14-33-37-16-26(41-29(24)37)20-9-22(13-30-11-20)34-18(2)38/h9-14,16,19,23H,3-8,15H2,1-2H3,(H,31,39)(H,34,38)(H,35,40). The smallest absolute Gasteiger partial charge is 0.260 e. The zero-order chi connectivity index (χ0) is 28.5. The maximum atomic E-state index is 13.3. The molecule has 0 atom stereocenters. The maximum absolute atomic E-state index is 13.3. The van der Waals surface area contributed by atoms with E-state index in [0.717, 1.165) is 29.4 Å². The van der Waals surface area contributed by atoms with Gasteiger partial charge in [0.05, 0.1) is 45.5 Å². The Hall–Kier alpha value is -4.16. The summed E-state index contributed by atoms with van der Waals surface area (Å²) in [5, 5.41) is 13.0. The van der Waals surface area contributed by atoms with Gasteiger partial charge in [-0.15, -0.1) is 11.3 Å². The first kappa shape index (κ1) is 27.0. The number of piperidine rings is 2. The van der Waals surface area contributed by atoms with E-state index in [-0.39, 0.29) is 17.7 Å². The Balaban J connectivity index is 1.12. The Labute approximate surface area is 241 Å². The SMILES string of the molecule is CC(=O)Nc1cncc(-c2cn3ncc(C(=O)Nc4cc(C(=O)NCCN5CC6CCC5CC6)cnc4C)c3s2)c1. The summed E-state index contributed by atoms with van der Waals surface area (Å²) in [5.41, 5.74) is 3.26. The van der Waals surface area contributed by atoms with Crippen molar-refractivity contribution < 1.29 is 14.4 Å².